The van der Waals surface area contributed by atoms with Crippen molar-refractivity contribution >= 4 is 22.1 Å². The Morgan fingerprint density at radius 2 is 1.35 bits per heavy atom. The van der Waals surface area contributed by atoms with E-state index in [2.05, 4.69) is 146 Å². The SMILES string of the molecule is Cc1cc2oc(-c3c(C)cccc3C)nc2cc1-c1n(-c2ccc(-c3ccccc3)cc2)c2ccccc2[n+]1C. The first-order chi connectivity index (χ1) is 19.5. The third-order valence-corrected chi connectivity index (χ3v) is 7.92. The van der Waals surface area contributed by atoms with Crippen LogP contribution in [0.1, 0.15) is 16.7 Å². The van der Waals surface area contributed by atoms with Crippen LogP contribution >= 0.6 is 0 Å². The van der Waals surface area contributed by atoms with Crippen LogP contribution in [0.4, 0.5) is 0 Å². The molecular weight excluding hydrogens is 490 g/mol. The number of aromatic nitrogens is 3. The fraction of sp³-hybridized carbons (Fsp3) is 0.111. The van der Waals surface area contributed by atoms with Gasteiger partial charge in [0, 0.05) is 5.56 Å². The van der Waals surface area contributed by atoms with Gasteiger partial charge in [0.15, 0.2) is 16.6 Å². The Balaban J connectivity index is 1.43. The van der Waals surface area contributed by atoms with Crippen LogP contribution in [-0.2, 0) is 7.05 Å². The van der Waals surface area contributed by atoms with Gasteiger partial charge in [0.25, 0.3) is 5.82 Å². The van der Waals surface area contributed by atoms with Crippen LogP contribution in [0, 0.1) is 20.8 Å². The van der Waals surface area contributed by atoms with E-state index in [1.165, 1.54) is 16.6 Å². The first-order valence-electron chi connectivity index (χ1n) is 13.6. The summed E-state index contributed by atoms with van der Waals surface area (Å²) in [5.74, 6) is 1.77. The molecule has 0 aliphatic rings. The molecule has 2 heterocycles. The number of hydrogen-bond acceptors (Lipinski definition) is 2. The number of fused-ring (bicyclic) bond motifs is 2. The zero-order valence-electron chi connectivity index (χ0n) is 23.1. The maximum absolute atomic E-state index is 6.32. The lowest BCUT2D eigenvalue weighted by Gasteiger charge is -2.08. The summed E-state index contributed by atoms with van der Waals surface area (Å²) in [6.45, 7) is 6.36. The van der Waals surface area contributed by atoms with Gasteiger partial charge >= 0.3 is 0 Å². The smallest absolute Gasteiger partial charge is 0.295 e. The lowest BCUT2D eigenvalue weighted by molar-refractivity contribution is -0.633. The van der Waals surface area contributed by atoms with Crippen LogP contribution in [0.2, 0.25) is 0 Å². The number of nitrogens with zero attached hydrogens (tertiary/aromatic N) is 3. The summed E-state index contributed by atoms with van der Waals surface area (Å²) in [4.78, 5) is 4.98. The molecule has 0 aliphatic heterocycles. The third-order valence-electron chi connectivity index (χ3n) is 7.92. The maximum atomic E-state index is 6.32. The van der Waals surface area contributed by atoms with Crippen molar-refractivity contribution in [2.45, 2.75) is 20.8 Å². The van der Waals surface area contributed by atoms with Gasteiger partial charge < -0.3 is 4.42 Å². The molecule has 40 heavy (non-hydrogen) atoms. The lowest BCUT2D eigenvalue weighted by atomic mass is 10.0. The largest absolute Gasteiger partial charge is 0.436 e. The second-order valence-corrected chi connectivity index (χ2v) is 10.5. The molecule has 5 aromatic carbocycles. The molecule has 0 spiro atoms. The molecule has 0 aliphatic carbocycles. The summed E-state index contributed by atoms with van der Waals surface area (Å²) in [7, 11) is 2.14. The minimum absolute atomic E-state index is 0.670. The number of hydrogen-bond donors (Lipinski definition) is 0. The predicted octanol–water partition coefficient (Wildman–Crippen LogP) is 8.52. The topological polar surface area (TPSA) is 34.8 Å². The van der Waals surface area contributed by atoms with E-state index in [4.69, 9.17) is 9.40 Å². The number of imidazole rings is 1. The lowest BCUT2D eigenvalue weighted by Crippen LogP contribution is -2.30. The molecule has 2 aromatic heterocycles. The highest BCUT2D eigenvalue weighted by atomic mass is 16.3. The fourth-order valence-corrected chi connectivity index (χ4v) is 5.89. The molecule has 0 saturated heterocycles. The second-order valence-electron chi connectivity index (χ2n) is 10.5. The van der Waals surface area contributed by atoms with Crippen molar-refractivity contribution in [2.75, 3.05) is 0 Å². The van der Waals surface area contributed by atoms with Crippen molar-refractivity contribution in [2.24, 2.45) is 7.05 Å². The van der Waals surface area contributed by atoms with Crippen molar-refractivity contribution in [1.82, 2.24) is 9.55 Å². The Labute approximate surface area is 233 Å². The van der Waals surface area contributed by atoms with Crippen LogP contribution in [0.5, 0.6) is 0 Å². The molecule has 0 saturated carbocycles. The van der Waals surface area contributed by atoms with Gasteiger partial charge in [-0.2, -0.15) is 4.57 Å². The molecule has 0 N–H and O–H groups in total. The van der Waals surface area contributed by atoms with Gasteiger partial charge in [0.1, 0.15) is 11.2 Å². The summed E-state index contributed by atoms with van der Waals surface area (Å²) >= 11 is 0. The van der Waals surface area contributed by atoms with Crippen molar-refractivity contribution < 1.29 is 8.98 Å². The predicted molar refractivity (Wildman–Crippen MR) is 163 cm³/mol. The third kappa shape index (κ3) is 3.84. The Bertz CT molecular complexity index is 2010. The average molecular weight is 521 g/mol. The molecule has 194 valence electrons. The summed E-state index contributed by atoms with van der Waals surface area (Å²) in [5, 5.41) is 0. The highest BCUT2D eigenvalue weighted by Crippen LogP contribution is 2.35. The molecular formula is C36H30N3O+. The van der Waals surface area contributed by atoms with Crippen LogP contribution < -0.4 is 4.57 Å². The average Bonchev–Trinajstić information content (AvgIpc) is 3.51. The highest BCUT2D eigenvalue weighted by molar-refractivity contribution is 5.86. The van der Waals surface area contributed by atoms with Gasteiger partial charge in [-0.15, -0.1) is 0 Å². The molecule has 0 atom stereocenters. The number of oxazole rings is 1. The van der Waals surface area contributed by atoms with Gasteiger partial charge in [-0.3, -0.25) is 0 Å². The Kier molecular flexibility index (Phi) is 5.64. The van der Waals surface area contributed by atoms with Gasteiger partial charge in [-0.25, -0.2) is 9.55 Å². The van der Waals surface area contributed by atoms with E-state index in [-0.39, 0.29) is 0 Å². The maximum Gasteiger partial charge on any atom is 0.295 e. The zero-order valence-corrected chi connectivity index (χ0v) is 23.1. The molecule has 0 unspecified atom stereocenters. The normalized spacial score (nSPS) is 11.5. The van der Waals surface area contributed by atoms with Crippen molar-refractivity contribution in [1.29, 1.82) is 0 Å². The Morgan fingerprint density at radius 3 is 2.10 bits per heavy atom. The number of para-hydroxylation sites is 2. The van der Waals surface area contributed by atoms with Crippen molar-refractivity contribution in [3.05, 3.63) is 126 Å². The van der Waals surface area contributed by atoms with E-state index in [1.54, 1.807) is 0 Å². The molecule has 4 heteroatoms. The monoisotopic (exact) mass is 520 g/mol. The van der Waals surface area contributed by atoms with E-state index >= 15 is 0 Å². The highest BCUT2D eigenvalue weighted by Gasteiger charge is 2.28. The first-order valence-corrected chi connectivity index (χ1v) is 13.6. The van der Waals surface area contributed by atoms with Gasteiger partial charge in [-0.1, -0.05) is 72.8 Å². The van der Waals surface area contributed by atoms with Crippen molar-refractivity contribution in [3.8, 4) is 39.7 Å². The molecule has 7 rings (SSSR count). The quantitative estimate of drug-likeness (QED) is 0.218. The molecule has 0 fully saturated rings. The zero-order chi connectivity index (χ0) is 27.4. The number of aryl methyl sites for hydroxylation is 4. The molecule has 0 bridgehead atoms. The van der Waals surface area contributed by atoms with E-state index in [0.29, 0.717) is 5.89 Å². The standard InChI is InChI=1S/C36H30N3O/c1-23-11-10-12-24(2)34(23)35-37-30-22-29(25(3)21-33(30)40-35)36-38(4)31-15-8-9-16-32(31)39(36)28-19-17-27(18-20-28)26-13-6-5-7-14-26/h5-22H,1-4H3/q+1. The molecule has 0 radical (unpaired) electrons. The van der Waals surface area contributed by atoms with Gasteiger partial charge in [-0.05, 0) is 85.0 Å². The molecule has 4 nitrogen and oxygen atoms in total. The van der Waals surface area contributed by atoms with Crippen LogP contribution in [0.3, 0.4) is 0 Å². The molecule has 0 amide bonds. The summed E-state index contributed by atoms with van der Waals surface area (Å²) in [5.41, 5.74) is 13.2. The molecule has 7 aromatic rings. The fourth-order valence-electron chi connectivity index (χ4n) is 5.89. The Hall–Kier alpha value is -4.96. The van der Waals surface area contributed by atoms with Gasteiger partial charge in [0.2, 0.25) is 5.89 Å². The summed E-state index contributed by atoms with van der Waals surface area (Å²) < 4.78 is 11.0. The van der Waals surface area contributed by atoms with Crippen molar-refractivity contribution in [3.63, 3.8) is 0 Å². The Morgan fingerprint density at radius 1 is 0.675 bits per heavy atom. The van der Waals surface area contributed by atoms with Crippen LogP contribution in [0.25, 0.3) is 61.8 Å². The summed E-state index contributed by atoms with van der Waals surface area (Å²) in [6.07, 6.45) is 0. The second kappa shape index (κ2) is 9.35. The van der Waals surface area contributed by atoms with E-state index < -0.39 is 0 Å². The van der Waals surface area contributed by atoms with Crippen LogP contribution in [0.15, 0.2) is 114 Å². The van der Waals surface area contributed by atoms with E-state index in [9.17, 15) is 0 Å². The minimum atomic E-state index is 0.670. The van der Waals surface area contributed by atoms with E-state index in [1.807, 2.05) is 0 Å². The summed E-state index contributed by atoms with van der Waals surface area (Å²) in [6, 6.07) is 38.5. The van der Waals surface area contributed by atoms with Gasteiger partial charge in [0.05, 0.1) is 12.6 Å². The van der Waals surface area contributed by atoms with E-state index in [0.717, 1.165) is 55.9 Å². The minimum Gasteiger partial charge on any atom is -0.436 e. The van der Waals surface area contributed by atoms with Crippen LogP contribution in [-0.4, -0.2) is 9.55 Å². The number of rotatable bonds is 4. The number of benzene rings is 5. The first kappa shape index (κ1) is 24.1.